The Bertz CT molecular complexity index is 1260. The third kappa shape index (κ3) is 4.46. The van der Waals surface area contributed by atoms with Gasteiger partial charge in [-0.2, -0.15) is 0 Å². The highest BCUT2D eigenvalue weighted by atomic mass is 35.5. The minimum Gasteiger partial charge on any atom is -0.368 e. The molecule has 5 rings (SSSR count). The number of amides is 1. The summed E-state index contributed by atoms with van der Waals surface area (Å²) in [5, 5.41) is 0.646. The van der Waals surface area contributed by atoms with Crippen LogP contribution in [-0.4, -0.2) is 46.4 Å². The van der Waals surface area contributed by atoms with E-state index in [1.165, 1.54) is 11.3 Å². The Morgan fingerprint density at radius 1 is 0.970 bits per heavy atom. The van der Waals surface area contributed by atoms with Gasteiger partial charge in [-0.05, 0) is 36.2 Å². The first kappa shape index (κ1) is 21.5. The van der Waals surface area contributed by atoms with E-state index in [4.69, 9.17) is 11.6 Å². The third-order valence-corrected chi connectivity index (χ3v) is 6.75. The van der Waals surface area contributed by atoms with Gasteiger partial charge in [0.25, 0.3) is 0 Å². The van der Waals surface area contributed by atoms with Gasteiger partial charge in [-0.25, -0.2) is 4.98 Å². The second kappa shape index (κ2) is 9.28. The van der Waals surface area contributed by atoms with Crippen molar-refractivity contribution in [1.29, 1.82) is 0 Å². The lowest BCUT2D eigenvalue weighted by Crippen LogP contribution is -2.49. The van der Waals surface area contributed by atoms with Crippen LogP contribution in [0.2, 0.25) is 5.02 Å². The van der Waals surface area contributed by atoms with E-state index < -0.39 is 0 Å². The van der Waals surface area contributed by atoms with Crippen LogP contribution in [-0.2, 0) is 4.79 Å². The maximum atomic E-state index is 13.4. The summed E-state index contributed by atoms with van der Waals surface area (Å²) in [5.74, 6) is 0.0758. The quantitative estimate of drug-likeness (QED) is 0.414. The number of hydrogen-bond donors (Lipinski definition) is 0. The molecule has 168 valence electrons. The summed E-state index contributed by atoms with van der Waals surface area (Å²) in [4.78, 5) is 22.4. The molecule has 1 unspecified atom stereocenters. The van der Waals surface area contributed by atoms with E-state index in [1.54, 1.807) is 0 Å². The molecule has 2 aromatic heterocycles. The number of anilines is 1. The highest BCUT2D eigenvalue weighted by Gasteiger charge is 2.27. The zero-order valence-corrected chi connectivity index (χ0v) is 19.4. The predicted molar refractivity (Wildman–Crippen MR) is 133 cm³/mol. The van der Waals surface area contributed by atoms with Crippen molar-refractivity contribution in [2.24, 2.45) is 0 Å². The van der Waals surface area contributed by atoms with Crippen molar-refractivity contribution in [2.75, 3.05) is 31.1 Å². The second-order valence-electron chi connectivity index (χ2n) is 8.58. The van der Waals surface area contributed by atoms with E-state index in [-0.39, 0.29) is 11.8 Å². The maximum Gasteiger partial charge on any atom is 0.223 e. The topological polar surface area (TPSA) is 40.8 Å². The van der Waals surface area contributed by atoms with Crippen molar-refractivity contribution in [2.45, 2.75) is 19.3 Å². The molecule has 1 aliphatic rings. The molecule has 5 nitrogen and oxygen atoms in total. The van der Waals surface area contributed by atoms with Gasteiger partial charge in [0.1, 0.15) is 5.65 Å². The van der Waals surface area contributed by atoms with Crippen molar-refractivity contribution in [1.82, 2.24) is 14.3 Å². The van der Waals surface area contributed by atoms with Crippen molar-refractivity contribution >= 4 is 28.8 Å². The number of rotatable bonds is 5. The smallest absolute Gasteiger partial charge is 0.223 e. The van der Waals surface area contributed by atoms with Crippen LogP contribution in [0.5, 0.6) is 0 Å². The standard InChI is InChI=1S/C27H27ClN4O/c1-20-7-5-6-10-24(20)30-13-15-31(16-14-30)27(33)17-23(21-8-3-2-4-9-21)25-18-29-26-12-11-22(28)19-32(25)26/h2-12,18-19,23H,13-17H2,1H3. The number of pyridine rings is 1. The lowest BCUT2D eigenvalue weighted by Gasteiger charge is -2.37. The molecule has 33 heavy (non-hydrogen) atoms. The monoisotopic (exact) mass is 458 g/mol. The summed E-state index contributed by atoms with van der Waals surface area (Å²) >= 11 is 6.27. The molecule has 0 aliphatic carbocycles. The first-order chi connectivity index (χ1) is 16.1. The fourth-order valence-corrected chi connectivity index (χ4v) is 4.89. The summed E-state index contributed by atoms with van der Waals surface area (Å²) in [6.45, 7) is 5.29. The number of carbonyl (C=O) groups is 1. The number of carbonyl (C=O) groups excluding carboxylic acids is 1. The molecule has 0 spiro atoms. The molecule has 4 aromatic rings. The van der Waals surface area contributed by atoms with Crippen molar-refractivity contribution < 1.29 is 4.79 Å². The second-order valence-corrected chi connectivity index (χ2v) is 9.02. The number of aryl methyl sites for hydroxylation is 1. The minimum atomic E-state index is -0.0958. The number of fused-ring (bicyclic) bond motifs is 1. The number of piperazine rings is 1. The Hall–Kier alpha value is -3.31. The molecule has 1 atom stereocenters. The zero-order chi connectivity index (χ0) is 22.8. The molecule has 6 heteroatoms. The Balaban J connectivity index is 1.36. The van der Waals surface area contributed by atoms with Gasteiger partial charge >= 0.3 is 0 Å². The molecule has 2 aromatic carbocycles. The fraction of sp³-hybridized carbons (Fsp3) is 0.259. The molecular weight excluding hydrogens is 432 g/mol. The van der Waals surface area contributed by atoms with E-state index in [2.05, 4.69) is 53.2 Å². The molecule has 0 bridgehead atoms. The van der Waals surface area contributed by atoms with Crippen LogP contribution in [0, 0.1) is 6.92 Å². The minimum absolute atomic E-state index is 0.0958. The van der Waals surface area contributed by atoms with Gasteiger partial charge < -0.3 is 14.2 Å². The first-order valence-corrected chi connectivity index (χ1v) is 11.7. The number of para-hydroxylation sites is 1. The lowest BCUT2D eigenvalue weighted by molar-refractivity contribution is -0.131. The van der Waals surface area contributed by atoms with Crippen LogP contribution in [0.3, 0.4) is 0 Å². The number of nitrogens with zero attached hydrogens (tertiary/aromatic N) is 4. The fourth-order valence-electron chi connectivity index (χ4n) is 4.73. The number of halogens is 1. The zero-order valence-electron chi connectivity index (χ0n) is 18.7. The molecule has 1 amide bonds. The van der Waals surface area contributed by atoms with Crippen molar-refractivity contribution in [3.05, 3.63) is 101 Å². The van der Waals surface area contributed by atoms with Crippen LogP contribution < -0.4 is 4.90 Å². The third-order valence-electron chi connectivity index (χ3n) is 6.52. The summed E-state index contributed by atoms with van der Waals surface area (Å²) in [7, 11) is 0. The van der Waals surface area contributed by atoms with Gasteiger partial charge in [-0.1, -0.05) is 60.1 Å². The normalized spacial score (nSPS) is 15.1. The van der Waals surface area contributed by atoms with Gasteiger partial charge in [0, 0.05) is 56.6 Å². The predicted octanol–water partition coefficient (Wildman–Crippen LogP) is 5.17. The number of benzene rings is 2. The SMILES string of the molecule is Cc1ccccc1N1CCN(C(=O)CC(c2ccccc2)c2cnc3ccc(Cl)cn23)CC1. The molecular formula is C27H27ClN4O. The average Bonchev–Trinajstić information content (AvgIpc) is 3.26. The van der Waals surface area contributed by atoms with Gasteiger partial charge in [0.2, 0.25) is 5.91 Å². The van der Waals surface area contributed by atoms with E-state index >= 15 is 0 Å². The van der Waals surface area contributed by atoms with Gasteiger partial charge in [-0.3, -0.25) is 4.79 Å². The van der Waals surface area contributed by atoms with E-state index in [0.717, 1.165) is 43.1 Å². The number of hydrogen-bond acceptors (Lipinski definition) is 3. The molecule has 0 N–H and O–H groups in total. The Kier molecular flexibility index (Phi) is 6.05. The highest BCUT2D eigenvalue weighted by Crippen LogP contribution is 2.30. The number of aromatic nitrogens is 2. The summed E-state index contributed by atoms with van der Waals surface area (Å²) < 4.78 is 2.00. The van der Waals surface area contributed by atoms with Gasteiger partial charge in [0.05, 0.1) is 10.7 Å². The van der Waals surface area contributed by atoms with Crippen LogP contribution in [0.15, 0.2) is 79.1 Å². The molecule has 1 saturated heterocycles. The van der Waals surface area contributed by atoms with Crippen LogP contribution >= 0.6 is 11.6 Å². The molecule has 1 aliphatic heterocycles. The van der Waals surface area contributed by atoms with E-state index in [9.17, 15) is 4.79 Å². The van der Waals surface area contributed by atoms with Gasteiger partial charge in [-0.15, -0.1) is 0 Å². The molecule has 1 fully saturated rings. The van der Waals surface area contributed by atoms with E-state index in [1.807, 2.05) is 52.0 Å². The molecule has 0 radical (unpaired) electrons. The van der Waals surface area contributed by atoms with Crippen molar-refractivity contribution in [3.63, 3.8) is 0 Å². The van der Waals surface area contributed by atoms with Crippen LogP contribution in [0.25, 0.3) is 5.65 Å². The largest absolute Gasteiger partial charge is 0.368 e. The Morgan fingerprint density at radius 3 is 2.45 bits per heavy atom. The summed E-state index contributed by atoms with van der Waals surface area (Å²) in [6.07, 6.45) is 4.14. The maximum absolute atomic E-state index is 13.4. The van der Waals surface area contributed by atoms with E-state index in [0.29, 0.717) is 11.4 Å². The summed E-state index contributed by atoms with van der Waals surface area (Å²) in [6, 6.07) is 22.4. The van der Waals surface area contributed by atoms with Crippen LogP contribution in [0.4, 0.5) is 5.69 Å². The van der Waals surface area contributed by atoms with Crippen molar-refractivity contribution in [3.8, 4) is 0 Å². The average molecular weight is 459 g/mol. The first-order valence-electron chi connectivity index (χ1n) is 11.4. The highest BCUT2D eigenvalue weighted by molar-refractivity contribution is 6.30. The lowest BCUT2D eigenvalue weighted by atomic mass is 9.92. The van der Waals surface area contributed by atoms with Crippen LogP contribution in [0.1, 0.15) is 29.2 Å². The summed E-state index contributed by atoms with van der Waals surface area (Å²) in [5.41, 5.74) is 5.44. The Labute approximate surface area is 199 Å². The number of imidazole rings is 1. The molecule has 3 heterocycles. The Morgan fingerprint density at radius 2 is 1.70 bits per heavy atom. The molecule has 0 saturated carbocycles. The van der Waals surface area contributed by atoms with Gasteiger partial charge in [0.15, 0.2) is 0 Å².